The molecule has 7 heteroatoms. The Balaban J connectivity index is 2.32. The standard InChI is InChI=1S/C23H20ClO4PS/c1-15-9-7-12-17(24)20(15)23(30)29(26,16-10-5-4-6-11-16)22(25)21-18(27-2)13-8-14-19(21)28-3/h4-14H,1-3H3. The molecule has 0 spiro atoms. The maximum absolute atomic E-state index is 14.6. The third-order valence-corrected chi connectivity index (χ3v) is 8.68. The van der Waals surface area contributed by atoms with E-state index in [0.717, 1.165) is 5.56 Å². The lowest BCUT2D eigenvalue weighted by molar-refractivity contribution is 0.107. The molecule has 3 aromatic rings. The van der Waals surface area contributed by atoms with Crippen molar-refractivity contribution in [1.29, 1.82) is 0 Å². The molecule has 0 saturated heterocycles. The first-order valence-electron chi connectivity index (χ1n) is 9.07. The predicted molar refractivity (Wildman–Crippen MR) is 125 cm³/mol. The summed E-state index contributed by atoms with van der Waals surface area (Å²) in [5.74, 6) is 0.517. The van der Waals surface area contributed by atoms with E-state index >= 15 is 0 Å². The van der Waals surface area contributed by atoms with Gasteiger partial charge in [0.25, 0.3) is 0 Å². The molecule has 0 aliphatic rings. The summed E-state index contributed by atoms with van der Waals surface area (Å²) in [4.78, 5) is 13.9. The van der Waals surface area contributed by atoms with Crippen LogP contribution in [0.4, 0.5) is 0 Å². The fourth-order valence-corrected chi connectivity index (χ4v) is 6.91. The number of ether oxygens (including phenoxy) is 2. The molecule has 1 atom stereocenters. The summed E-state index contributed by atoms with van der Waals surface area (Å²) in [5.41, 5.74) is 0.598. The molecule has 0 aliphatic carbocycles. The van der Waals surface area contributed by atoms with E-state index in [1.807, 2.05) is 13.0 Å². The van der Waals surface area contributed by atoms with E-state index in [0.29, 0.717) is 15.9 Å². The van der Waals surface area contributed by atoms with Gasteiger partial charge >= 0.3 is 0 Å². The second-order valence-electron chi connectivity index (χ2n) is 6.52. The van der Waals surface area contributed by atoms with Gasteiger partial charge in [-0.1, -0.05) is 72.3 Å². The third-order valence-electron chi connectivity index (χ3n) is 4.77. The highest BCUT2D eigenvalue weighted by atomic mass is 35.5. The first-order valence-corrected chi connectivity index (χ1v) is 11.6. The fourth-order valence-electron chi connectivity index (χ4n) is 3.24. The number of hydrogen-bond acceptors (Lipinski definition) is 5. The largest absolute Gasteiger partial charge is 0.496 e. The number of benzene rings is 3. The number of aryl methyl sites for hydroxylation is 1. The van der Waals surface area contributed by atoms with Crippen LogP contribution in [-0.2, 0) is 4.57 Å². The van der Waals surface area contributed by atoms with Gasteiger partial charge in [0.05, 0.1) is 18.8 Å². The first kappa shape index (κ1) is 22.2. The van der Waals surface area contributed by atoms with Crippen molar-refractivity contribution >= 4 is 46.4 Å². The van der Waals surface area contributed by atoms with E-state index in [1.165, 1.54) is 14.2 Å². The van der Waals surface area contributed by atoms with Gasteiger partial charge in [0.1, 0.15) is 17.1 Å². The van der Waals surface area contributed by atoms with Gasteiger partial charge in [0.2, 0.25) is 12.7 Å². The Bertz CT molecular complexity index is 1120. The molecular weight excluding hydrogens is 439 g/mol. The van der Waals surface area contributed by atoms with Crippen molar-refractivity contribution in [3.63, 3.8) is 0 Å². The number of carbonyl (C=O) groups excluding carboxylic acids is 1. The molecule has 0 aliphatic heterocycles. The molecule has 4 nitrogen and oxygen atoms in total. The molecule has 1 unspecified atom stereocenters. The maximum atomic E-state index is 14.6. The van der Waals surface area contributed by atoms with Crippen LogP contribution < -0.4 is 14.8 Å². The molecule has 30 heavy (non-hydrogen) atoms. The lowest BCUT2D eigenvalue weighted by Crippen LogP contribution is -2.21. The highest BCUT2D eigenvalue weighted by molar-refractivity contribution is 8.12. The number of carbonyl (C=O) groups is 1. The zero-order valence-electron chi connectivity index (χ0n) is 16.7. The van der Waals surface area contributed by atoms with Crippen molar-refractivity contribution in [3.8, 4) is 11.5 Å². The summed E-state index contributed by atoms with van der Waals surface area (Å²) in [6.07, 6.45) is 0. The summed E-state index contributed by atoms with van der Waals surface area (Å²) in [6, 6.07) is 18.7. The summed E-state index contributed by atoms with van der Waals surface area (Å²) in [6.45, 7) is 1.82. The van der Waals surface area contributed by atoms with Crippen molar-refractivity contribution in [1.82, 2.24) is 0 Å². The van der Waals surface area contributed by atoms with Crippen LogP contribution in [0, 0.1) is 6.92 Å². The Morgan fingerprint density at radius 2 is 1.43 bits per heavy atom. The molecule has 0 fully saturated rings. The number of hydrogen-bond donors (Lipinski definition) is 0. The summed E-state index contributed by atoms with van der Waals surface area (Å²) >= 11 is 12.1. The zero-order chi connectivity index (χ0) is 21.9. The fraction of sp³-hybridized carbons (Fsp3) is 0.130. The van der Waals surface area contributed by atoms with E-state index in [4.69, 9.17) is 33.3 Å². The summed E-state index contributed by atoms with van der Waals surface area (Å²) in [5, 5.41) is 0.670. The van der Waals surface area contributed by atoms with Gasteiger partial charge in [-0.2, -0.15) is 0 Å². The minimum atomic E-state index is -3.98. The van der Waals surface area contributed by atoms with Crippen molar-refractivity contribution in [2.24, 2.45) is 0 Å². The quantitative estimate of drug-likeness (QED) is 0.327. The highest BCUT2D eigenvalue weighted by Gasteiger charge is 2.43. The van der Waals surface area contributed by atoms with Crippen molar-refractivity contribution in [2.45, 2.75) is 6.92 Å². The van der Waals surface area contributed by atoms with E-state index in [2.05, 4.69) is 0 Å². The maximum Gasteiger partial charge on any atom is 0.238 e. The minimum Gasteiger partial charge on any atom is -0.496 e. The molecule has 0 amide bonds. The Kier molecular flexibility index (Phi) is 6.77. The van der Waals surface area contributed by atoms with Crippen LogP contribution in [-0.4, -0.2) is 24.3 Å². The molecule has 154 valence electrons. The summed E-state index contributed by atoms with van der Waals surface area (Å²) < 4.78 is 25.4. The monoisotopic (exact) mass is 458 g/mol. The molecule has 0 radical (unpaired) electrons. The molecule has 0 heterocycles. The second kappa shape index (κ2) is 9.13. The second-order valence-corrected chi connectivity index (χ2v) is 10.2. The summed E-state index contributed by atoms with van der Waals surface area (Å²) in [7, 11) is -1.10. The average molecular weight is 459 g/mol. The topological polar surface area (TPSA) is 52.6 Å². The van der Waals surface area contributed by atoms with Crippen LogP contribution >= 0.6 is 31.0 Å². The average Bonchev–Trinajstić information content (AvgIpc) is 2.77. The molecule has 3 rings (SSSR count). The number of methoxy groups -OCH3 is 2. The smallest absolute Gasteiger partial charge is 0.238 e. The molecule has 0 aromatic heterocycles. The third kappa shape index (κ3) is 3.81. The van der Waals surface area contributed by atoms with Crippen molar-refractivity contribution in [2.75, 3.05) is 14.2 Å². The number of halogens is 1. The first-order chi connectivity index (χ1) is 14.4. The van der Waals surface area contributed by atoms with Crippen LogP contribution in [0.2, 0.25) is 5.02 Å². The number of rotatable bonds is 7. The van der Waals surface area contributed by atoms with Crippen molar-refractivity contribution in [3.05, 3.63) is 88.4 Å². The van der Waals surface area contributed by atoms with Crippen LogP contribution in [0.1, 0.15) is 21.5 Å². The normalized spacial score (nSPS) is 12.7. The highest BCUT2D eigenvalue weighted by Crippen LogP contribution is 2.55. The van der Waals surface area contributed by atoms with Crippen LogP contribution in [0.15, 0.2) is 66.7 Å². The van der Waals surface area contributed by atoms with Crippen LogP contribution in [0.25, 0.3) is 0 Å². The Labute approximate surface area is 186 Å². The van der Waals surface area contributed by atoms with E-state index in [-0.39, 0.29) is 21.7 Å². The lowest BCUT2D eigenvalue weighted by Gasteiger charge is -2.22. The predicted octanol–water partition coefficient (Wildman–Crippen LogP) is 5.87. The van der Waals surface area contributed by atoms with Gasteiger partial charge in [0, 0.05) is 15.9 Å². The molecule has 3 aromatic carbocycles. The van der Waals surface area contributed by atoms with Gasteiger partial charge in [-0.15, -0.1) is 0 Å². The lowest BCUT2D eigenvalue weighted by atomic mass is 10.1. The van der Waals surface area contributed by atoms with Gasteiger partial charge in [-0.25, -0.2) is 0 Å². The van der Waals surface area contributed by atoms with E-state index in [1.54, 1.807) is 60.7 Å². The van der Waals surface area contributed by atoms with Gasteiger partial charge < -0.3 is 14.0 Å². The molecule has 0 N–H and O–H groups in total. The Morgan fingerprint density at radius 1 is 0.867 bits per heavy atom. The van der Waals surface area contributed by atoms with Gasteiger partial charge in [-0.3, -0.25) is 4.79 Å². The zero-order valence-corrected chi connectivity index (χ0v) is 19.2. The van der Waals surface area contributed by atoms with Gasteiger partial charge in [-0.05, 0) is 30.7 Å². The van der Waals surface area contributed by atoms with E-state index in [9.17, 15) is 9.36 Å². The molecular formula is C23H20ClO4PS. The van der Waals surface area contributed by atoms with Crippen LogP contribution in [0.5, 0.6) is 11.5 Å². The molecule has 0 bridgehead atoms. The SMILES string of the molecule is COc1cccc(OC)c1C(=O)P(=O)(C(=S)c1c(C)cccc1Cl)c1ccccc1. The Morgan fingerprint density at radius 3 is 1.97 bits per heavy atom. The van der Waals surface area contributed by atoms with Gasteiger partial charge in [0.15, 0.2) is 0 Å². The molecule has 0 saturated carbocycles. The van der Waals surface area contributed by atoms with Crippen molar-refractivity contribution < 1.29 is 18.8 Å². The Hall–Kier alpha value is -2.46. The van der Waals surface area contributed by atoms with E-state index < -0.39 is 12.7 Å². The van der Waals surface area contributed by atoms with Crippen LogP contribution in [0.3, 0.4) is 0 Å². The number of thiocarbonyl (C=S) groups is 1. The minimum absolute atomic E-state index is 0.00904.